The third-order valence-electron chi connectivity index (χ3n) is 3.17. The Morgan fingerprint density at radius 3 is 2.44 bits per heavy atom. The zero-order valence-electron chi connectivity index (χ0n) is 13.8. The molecule has 0 aliphatic carbocycles. The van der Waals surface area contributed by atoms with E-state index in [0.29, 0.717) is 17.4 Å². The molecule has 134 valence electrons. The van der Waals surface area contributed by atoms with Crippen LogP contribution in [0.3, 0.4) is 0 Å². The van der Waals surface area contributed by atoms with E-state index in [0.717, 1.165) is 12.1 Å². The molecule has 2 aromatic rings. The van der Waals surface area contributed by atoms with E-state index in [1.807, 2.05) is 13.8 Å². The van der Waals surface area contributed by atoms with Crippen molar-refractivity contribution >= 4 is 21.4 Å². The third kappa shape index (κ3) is 4.66. The van der Waals surface area contributed by atoms with Crippen molar-refractivity contribution in [3.63, 3.8) is 0 Å². The van der Waals surface area contributed by atoms with Crippen molar-refractivity contribution in [3.05, 3.63) is 57.9 Å². The molecule has 2 aromatic carbocycles. The summed E-state index contributed by atoms with van der Waals surface area (Å²) in [6.45, 7) is 5.49. The van der Waals surface area contributed by atoms with Crippen molar-refractivity contribution in [2.45, 2.75) is 31.8 Å². The average molecular weight is 368 g/mol. The van der Waals surface area contributed by atoms with Gasteiger partial charge in [-0.1, -0.05) is 0 Å². The van der Waals surface area contributed by atoms with Gasteiger partial charge in [0.25, 0.3) is 15.7 Å². The second kappa shape index (κ2) is 7.06. The first-order valence-corrected chi connectivity index (χ1v) is 8.82. The fourth-order valence-corrected chi connectivity index (χ4v) is 3.22. The second-order valence-electron chi connectivity index (χ2n) is 5.65. The maximum Gasteiger partial charge on any atom is 0.273 e. The highest BCUT2D eigenvalue weighted by molar-refractivity contribution is 7.92. The molecule has 0 amide bonds. The molecule has 0 radical (unpaired) electrons. The molecular formula is C16H17FN2O5S. The Balaban J connectivity index is 2.33. The largest absolute Gasteiger partial charge is 0.491 e. The third-order valence-corrected chi connectivity index (χ3v) is 4.53. The zero-order valence-corrected chi connectivity index (χ0v) is 14.6. The molecule has 9 heteroatoms. The van der Waals surface area contributed by atoms with Crippen LogP contribution in [0.2, 0.25) is 0 Å². The van der Waals surface area contributed by atoms with Crippen LogP contribution in [0.4, 0.5) is 15.8 Å². The number of non-ortho nitro benzene ring substituents is 1. The van der Waals surface area contributed by atoms with Crippen molar-refractivity contribution < 1.29 is 22.5 Å². The van der Waals surface area contributed by atoms with Crippen LogP contribution in [0.15, 0.2) is 41.3 Å². The summed E-state index contributed by atoms with van der Waals surface area (Å²) in [6, 6.07) is 6.84. The normalized spacial score (nSPS) is 11.4. The Morgan fingerprint density at radius 2 is 1.88 bits per heavy atom. The first kappa shape index (κ1) is 18.7. The molecule has 0 aliphatic rings. The van der Waals surface area contributed by atoms with Gasteiger partial charge in [-0.15, -0.1) is 0 Å². The predicted molar refractivity (Wildman–Crippen MR) is 90.8 cm³/mol. The highest BCUT2D eigenvalue weighted by Gasteiger charge is 2.20. The van der Waals surface area contributed by atoms with Crippen molar-refractivity contribution in [2.75, 3.05) is 4.72 Å². The Morgan fingerprint density at radius 1 is 1.20 bits per heavy atom. The number of benzene rings is 2. The number of nitrogens with one attached hydrogen (secondary N) is 1. The lowest BCUT2D eigenvalue weighted by Crippen LogP contribution is -2.14. The monoisotopic (exact) mass is 368 g/mol. The molecule has 0 aromatic heterocycles. The first-order valence-electron chi connectivity index (χ1n) is 7.33. The van der Waals surface area contributed by atoms with Gasteiger partial charge in [0.1, 0.15) is 11.6 Å². The van der Waals surface area contributed by atoms with E-state index < -0.39 is 31.3 Å². The fraction of sp³-hybridized carbons (Fsp3) is 0.250. The van der Waals surface area contributed by atoms with Crippen molar-refractivity contribution in [3.8, 4) is 5.75 Å². The molecule has 25 heavy (non-hydrogen) atoms. The second-order valence-corrected chi connectivity index (χ2v) is 7.34. The minimum absolute atomic E-state index is 0.0333. The van der Waals surface area contributed by atoms with Gasteiger partial charge in [-0.05, 0) is 50.6 Å². The van der Waals surface area contributed by atoms with E-state index in [1.54, 1.807) is 19.1 Å². The number of nitro groups is 1. The summed E-state index contributed by atoms with van der Waals surface area (Å²) < 4.78 is 46.1. The number of rotatable bonds is 6. The number of sulfonamides is 1. The molecule has 0 fully saturated rings. The molecule has 0 saturated heterocycles. The molecule has 0 saturated carbocycles. The predicted octanol–water partition coefficient (Wildman–Crippen LogP) is 3.63. The molecule has 0 heterocycles. The van der Waals surface area contributed by atoms with Gasteiger partial charge < -0.3 is 4.74 Å². The highest BCUT2D eigenvalue weighted by atomic mass is 32.2. The number of anilines is 1. The van der Waals surface area contributed by atoms with Crippen LogP contribution >= 0.6 is 0 Å². The van der Waals surface area contributed by atoms with Gasteiger partial charge in [0.05, 0.1) is 22.0 Å². The van der Waals surface area contributed by atoms with Crippen LogP contribution in [-0.4, -0.2) is 19.4 Å². The molecule has 1 N–H and O–H groups in total. The van der Waals surface area contributed by atoms with Crippen LogP contribution < -0.4 is 9.46 Å². The quantitative estimate of drug-likeness (QED) is 0.620. The van der Waals surface area contributed by atoms with Crippen molar-refractivity contribution in [2.24, 2.45) is 0 Å². The maximum atomic E-state index is 13.5. The summed E-state index contributed by atoms with van der Waals surface area (Å²) in [7, 11) is -4.18. The van der Waals surface area contributed by atoms with Gasteiger partial charge in [0.15, 0.2) is 0 Å². The van der Waals surface area contributed by atoms with E-state index in [4.69, 9.17) is 4.74 Å². The fourth-order valence-electron chi connectivity index (χ4n) is 2.12. The van der Waals surface area contributed by atoms with Crippen LogP contribution in [0.5, 0.6) is 5.75 Å². The van der Waals surface area contributed by atoms with Crippen LogP contribution in [-0.2, 0) is 10.0 Å². The molecule has 0 spiro atoms. The van der Waals surface area contributed by atoms with Crippen LogP contribution in [0.1, 0.15) is 19.4 Å². The summed E-state index contributed by atoms with van der Waals surface area (Å²) in [5, 5.41) is 10.8. The molecule has 0 unspecified atom stereocenters. The highest BCUT2D eigenvalue weighted by Crippen LogP contribution is 2.26. The van der Waals surface area contributed by atoms with E-state index in [2.05, 4.69) is 4.72 Å². The maximum absolute atomic E-state index is 13.5. The minimum atomic E-state index is -4.18. The Labute approximate surface area is 144 Å². The van der Waals surface area contributed by atoms with Crippen LogP contribution in [0.25, 0.3) is 0 Å². The molecular weight excluding hydrogens is 351 g/mol. The number of nitro benzene ring substituents is 1. The van der Waals surface area contributed by atoms with Crippen molar-refractivity contribution in [1.82, 2.24) is 0 Å². The first-order chi connectivity index (χ1) is 11.6. The summed E-state index contributed by atoms with van der Waals surface area (Å²) in [4.78, 5) is 9.39. The lowest BCUT2D eigenvalue weighted by atomic mass is 10.2. The molecule has 7 nitrogen and oxygen atoms in total. The van der Waals surface area contributed by atoms with Gasteiger partial charge >= 0.3 is 0 Å². The van der Waals surface area contributed by atoms with Gasteiger partial charge in [-0.3, -0.25) is 14.8 Å². The van der Waals surface area contributed by atoms with Gasteiger partial charge in [0, 0.05) is 11.8 Å². The molecule has 0 bridgehead atoms. The SMILES string of the molecule is Cc1cc(NS(=O)(=O)c2cc(F)cc([N+](=O)[O-])c2)ccc1OC(C)C. The number of ether oxygens (including phenoxy) is 1. The summed E-state index contributed by atoms with van der Waals surface area (Å²) >= 11 is 0. The van der Waals surface area contributed by atoms with Crippen LogP contribution in [0, 0.1) is 22.9 Å². The topological polar surface area (TPSA) is 98.5 Å². The van der Waals surface area contributed by atoms with E-state index in [9.17, 15) is 22.9 Å². The molecule has 0 atom stereocenters. The summed E-state index contributed by atoms with van der Waals surface area (Å²) in [5.74, 6) is -0.397. The lowest BCUT2D eigenvalue weighted by molar-refractivity contribution is -0.385. The van der Waals surface area contributed by atoms with Gasteiger partial charge in [0.2, 0.25) is 0 Å². The Hall–Kier alpha value is -2.68. The van der Waals surface area contributed by atoms with E-state index >= 15 is 0 Å². The van der Waals surface area contributed by atoms with Crippen molar-refractivity contribution in [1.29, 1.82) is 0 Å². The van der Waals surface area contributed by atoms with E-state index in [1.165, 1.54) is 6.07 Å². The summed E-state index contributed by atoms with van der Waals surface area (Å²) in [5.41, 5.74) is 0.303. The standard InChI is InChI=1S/C16H17FN2O5S/c1-10(2)24-16-5-4-13(6-11(16)3)18-25(22,23)15-8-12(17)7-14(9-15)19(20)21/h4-10,18H,1-3H3. The average Bonchev–Trinajstić information content (AvgIpc) is 2.48. The van der Waals surface area contributed by atoms with E-state index in [-0.39, 0.29) is 11.8 Å². The smallest absolute Gasteiger partial charge is 0.273 e. The summed E-state index contributed by atoms with van der Waals surface area (Å²) in [6.07, 6.45) is -0.0333. The number of halogens is 1. The Kier molecular flexibility index (Phi) is 5.27. The number of hydrogen-bond acceptors (Lipinski definition) is 5. The molecule has 2 rings (SSSR count). The van der Waals surface area contributed by atoms with Gasteiger partial charge in [-0.2, -0.15) is 0 Å². The minimum Gasteiger partial charge on any atom is -0.491 e. The number of aryl methyl sites for hydroxylation is 1. The Bertz CT molecular complexity index is 913. The number of hydrogen-bond donors (Lipinski definition) is 1. The zero-order chi connectivity index (χ0) is 18.8. The number of nitrogens with zero attached hydrogens (tertiary/aromatic N) is 1. The van der Waals surface area contributed by atoms with Gasteiger partial charge in [-0.25, -0.2) is 12.8 Å². The molecule has 0 aliphatic heterocycles. The lowest BCUT2D eigenvalue weighted by Gasteiger charge is -2.14.